The molecule has 1 aliphatic carbocycles. The molecule has 0 spiro atoms. The highest BCUT2D eigenvalue weighted by Crippen LogP contribution is 2.46. The van der Waals surface area contributed by atoms with Crippen molar-refractivity contribution in [3.8, 4) is 6.07 Å². The van der Waals surface area contributed by atoms with Gasteiger partial charge in [0.1, 0.15) is 0 Å². The highest BCUT2D eigenvalue weighted by molar-refractivity contribution is 5.37. The van der Waals surface area contributed by atoms with Crippen molar-refractivity contribution in [1.82, 2.24) is 4.90 Å². The average molecular weight is 471 g/mol. The van der Waals surface area contributed by atoms with E-state index in [1.807, 2.05) is 6.07 Å². The van der Waals surface area contributed by atoms with Gasteiger partial charge in [0.2, 0.25) is 0 Å². The summed E-state index contributed by atoms with van der Waals surface area (Å²) in [5, 5.41) is 10.5. The van der Waals surface area contributed by atoms with Gasteiger partial charge in [-0.25, -0.2) is 0 Å². The summed E-state index contributed by atoms with van der Waals surface area (Å²) in [6.07, 6.45) is 3.26. The predicted octanol–water partition coefficient (Wildman–Crippen LogP) is 7.78. The van der Waals surface area contributed by atoms with Gasteiger partial charge in [-0.15, -0.1) is 0 Å². The van der Waals surface area contributed by atoms with E-state index in [1.165, 1.54) is 5.56 Å². The van der Waals surface area contributed by atoms with E-state index < -0.39 is 17.2 Å². The summed E-state index contributed by atoms with van der Waals surface area (Å²) < 4.78 is 39.5. The van der Waals surface area contributed by atoms with Crippen molar-refractivity contribution in [3.63, 3.8) is 0 Å². The topological polar surface area (TPSA) is 27.0 Å². The maximum absolute atomic E-state index is 13.2. The molecule has 1 fully saturated rings. The lowest BCUT2D eigenvalue weighted by molar-refractivity contribution is -0.137. The first-order chi connectivity index (χ1) is 16.3. The lowest BCUT2D eigenvalue weighted by Crippen LogP contribution is -2.39. The van der Waals surface area contributed by atoms with Gasteiger partial charge in [-0.1, -0.05) is 69.2 Å². The Kier molecular flexibility index (Phi) is 9.19. The average Bonchev–Trinajstić information content (AvgIpc) is 3.39. The fourth-order valence-corrected chi connectivity index (χ4v) is 5.73. The number of nitriles is 1. The fraction of sp³-hybridized carbons (Fsp3) is 0.552. The molecule has 1 saturated carbocycles. The Hall–Kier alpha value is -2.32. The number of benzene rings is 2. The Balaban J connectivity index is 1.79. The van der Waals surface area contributed by atoms with Gasteiger partial charge in [0.15, 0.2) is 0 Å². The van der Waals surface area contributed by atoms with Gasteiger partial charge in [0, 0.05) is 12.6 Å². The minimum atomic E-state index is -4.37. The van der Waals surface area contributed by atoms with Crippen LogP contribution in [0.5, 0.6) is 0 Å². The highest BCUT2D eigenvalue weighted by atomic mass is 19.4. The second kappa shape index (κ2) is 11.9. The third kappa shape index (κ3) is 6.21. The van der Waals surface area contributed by atoms with Gasteiger partial charge in [0.05, 0.1) is 17.0 Å². The fourth-order valence-electron chi connectivity index (χ4n) is 5.73. The molecule has 2 nitrogen and oxygen atoms in total. The van der Waals surface area contributed by atoms with E-state index in [2.05, 4.69) is 49.1 Å². The van der Waals surface area contributed by atoms with Crippen LogP contribution in [-0.4, -0.2) is 24.0 Å². The van der Waals surface area contributed by atoms with Crippen LogP contribution in [0.1, 0.15) is 75.5 Å². The molecular weight excluding hydrogens is 433 g/mol. The van der Waals surface area contributed by atoms with Gasteiger partial charge in [-0.05, 0) is 74.2 Å². The third-order valence-corrected chi connectivity index (χ3v) is 7.78. The molecule has 3 rings (SSSR count). The summed E-state index contributed by atoms with van der Waals surface area (Å²) in [5.74, 6) is 0.200. The molecular formula is C29H37F3N2. The number of halogens is 3. The van der Waals surface area contributed by atoms with Crippen molar-refractivity contribution in [2.45, 2.75) is 82.8 Å². The van der Waals surface area contributed by atoms with E-state index in [1.54, 1.807) is 12.1 Å². The predicted molar refractivity (Wildman–Crippen MR) is 131 cm³/mol. The molecule has 34 heavy (non-hydrogen) atoms. The van der Waals surface area contributed by atoms with E-state index >= 15 is 0 Å². The zero-order valence-electron chi connectivity index (χ0n) is 20.5. The first kappa shape index (κ1) is 26.3. The molecule has 0 amide bonds. The van der Waals surface area contributed by atoms with Crippen LogP contribution in [0.4, 0.5) is 13.2 Å². The van der Waals surface area contributed by atoms with E-state index in [0.717, 1.165) is 75.7 Å². The molecule has 5 heteroatoms. The second-order valence-electron chi connectivity index (χ2n) is 9.60. The monoisotopic (exact) mass is 470 g/mol. The van der Waals surface area contributed by atoms with Crippen molar-refractivity contribution in [1.29, 1.82) is 5.26 Å². The molecule has 2 atom stereocenters. The maximum atomic E-state index is 13.2. The molecule has 2 aromatic rings. The molecule has 0 saturated heterocycles. The summed E-state index contributed by atoms with van der Waals surface area (Å²) in [6.45, 7) is 6.27. The summed E-state index contributed by atoms with van der Waals surface area (Å²) in [6, 6.07) is 18.8. The summed E-state index contributed by atoms with van der Waals surface area (Å²) >= 11 is 0. The zero-order valence-corrected chi connectivity index (χ0v) is 20.5. The molecule has 2 unspecified atom stereocenters. The van der Waals surface area contributed by atoms with E-state index in [4.69, 9.17) is 0 Å². The lowest BCUT2D eigenvalue weighted by Gasteiger charge is -2.37. The highest BCUT2D eigenvalue weighted by Gasteiger charge is 2.43. The Morgan fingerprint density at radius 3 is 2.12 bits per heavy atom. The molecule has 2 aromatic carbocycles. The second-order valence-corrected chi connectivity index (χ2v) is 9.60. The number of hydrogen-bond donors (Lipinski definition) is 0. The Morgan fingerprint density at radius 2 is 1.59 bits per heavy atom. The maximum Gasteiger partial charge on any atom is 0.416 e. The van der Waals surface area contributed by atoms with Crippen LogP contribution in [0, 0.1) is 17.2 Å². The van der Waals surface area contributed by atoms with Crippen LogP contribution in [0.25, 0.3) is 0 Å². The molecule has 0 bridgehead atoms. The Morgan fingerprint density at radius 1 is 0.971 bits per heavy atom. The number of rotatable bonds is 11. The lowest BCUT2D eigenvalue weighted by atomic mass is 9.67. The number of nitrogens with zero attached hydrogens (tertiary/aromatic N) is 2. The van der Waals surface area contributed by atoms with Crippen molar-refractivity contribution in [3.05, 3.63) is 71.3 Å². The molecule has 0 radical (unpaired) electrons. The summed E-state index contributed by atoms with van der Waals surface area (Å²) in [4.78, 5) is 2.50. The van der Waals surface area contributed by atoms with Gasteiger partial charge in [0.25, 0.3) is 0 Å². The SMILES string of the molecule is CCC(CCC(C#N)(c1ccc(C(F)(F)F)cc1)C1CCCC1)N(CC)CCc1ccccc1. The van der Waals surface area contributed by atoms with Crippen molar-refractivity contribution in [2.24, 2.45) is 5.92 Å². The quantitative estimate of drug-likeness (QED) is 0.335. The van der Waals surface area contributed by atoms with E-state index in [-0.39, 0.29) is 5.92 Å². The van der Waals surface area contributed by atoms with E-state index in [9.17, 15) is 18.4 Å². The minimum Gasteiger partial charge on any atom is -0.300 e. The third-order valence-electron chi connectivity index (χ3n) is 7.78. The van der Waals surface area contributed by atoms with Gasteiger partial charge < -0.3 is 4.90 Å². The molecule has 0 aromatic heterocycles. The van der Waals surface area contributed by atoms with Gasteiger partial charge in [-0.3, -0.25) is 0 Å². The number of likely N-dealkylation sites (N-methyl/N-ethyl adjacent to an activating group) is 1. The Bertz CT molecular complexity index is 911. The molecule has 1 aliphatic rings. The molecule has 184 valence electrons. The van der Waals surface area contributed by atoms with Crippen molar-refractivity contribution in [2.75, 3.05) is 13.1 Å². The van der Waals surface area contributed by atoms with Crippen LogP contribution in [0.3, 0.4) is 0 Å². The van der Waals surface area contributed by atoms with E-state index in [0.29, 0.717) is 12.5 Å². The summed E-state index contributed by atoms with van der Waals surface area (Å²) in [5.41, 5.74) is 0.682. The summed E-state index contributed by atoms with van der Waals surface area (Å²) in [7, 11) is 0. The normalized spacial score (nSPS) is 17.4. The molecule has 0 aliphatic heterocycles. The molecule has 0 heterocycles. The zero-order chi connectivity index (χ0) is 24.6. The van der Waals surface area contributed by atoms with Gasteiger partial charge in [-0.2, -0.15) is 18.4 Å². The van der Waals surface area contributed by atoms with Crippen LogP contribution >= 0.6 is 0 Å². The largest absolute Gasteiger partial charge is 0.416 e. The number of hydrogen-bond acceptors (Lipinski definition) is 2. The minimum absolute atomic E-state index is 0.200. The smallest absolute Gasteiger partial charge is 0.300 e. The van der Waals surface area contributed by atoms with Crippen molar-refractivity contribution < 1.29 is 13.2 Å². The van der Waals surface area contributed by atoms with Crippen LogP contribution in [0.2, 0.25) is 0 Å². The van der Waals surface area contributed by atoms with Crippen LogP contribution in [-0.2, 0) is 18.0 Å². The van der Waals surface area contributed by atoms with Crippen LogP contribution < -0.4 is 0 Å². The van der Waals surface area contributed by atoms with Gasteiger partial charge >= 0.3 is 6.18 Å². The molecule has 0 N–H and O–H groups in total. The van der Waals surface area contributed by atoms with Crippen LogP contribution in [0.15, 0.2) is 54.6 Å². The first-order valence-corrected chi connectivity index (χ1v) is 12.7. The standard InChI is InChI=1S/C29H37F3N2/c1-3-27(34(4-2)21-19-23-10-6-5-7-11-23)18-20-28(22-33,24-12-8-9-13-24)25-14-16-26(17-15-25)29(30,31)32/h5-7,10-11,14-17,24,27H,3-4,8-9,12-13,18-21H2,1-2H3. The Labute approximate surface area is 202 Å². The number of alkyl halides is 3. The van der Waals surface area contributed by atoms with Crippen molar-refractivity contribution >= 4 is 0 Å². The first-order valence-electron chi connectivity index (χ1n) is 12.7.